The van der Waals surface area contributed by atoms with Crippen LogP contribution in [0.15, 0.2) is 35.4 Å². The second-order valence-corrected chi connectivity index (χ2v) is 11.1. The average molecular weight is 494 g/mol. The van der Waals surface area contributed by atoms with Crippen LogP contribution in [0.4, 0.5) is 0 Å². The van der Waals surface area contributed by atoms with Crippen molar-refractivity contribution in [3.63, 3.8) is 0 Å². The van der Waals surface area contributed by atoms with Crippen molar-refractivity contribution in [2.45, 2.75) is 63.8 Å². The standard InChI is InChI=1S/C23H35N5O5S/c1-17-7-5-8-21(11-17)34(31,32)26(4)14-22-18(2)12-28(19(3)15-29)23(30)9-6-10-27-13-20(16-33-22)24-25-27/h5,7-8,11,13,18-19,22,29H,6,9-10,12,14-16H2,1-4H3/t18-,19-,22+/m0/s1. The van der Waals surface area contributed by atoms with Gasteiger partial charge in [-0.3, -0.25) is 9.48 Å². The molecule has 10 nitrogen and oxygen atoms in total. The molecule has 0 spiro atoms. The highest BCUT2D eigenvalue weighted by atomic mass is 32.2. The molecule has 1 aliphatic rings. The molecular formula is C23H35N5O5S. The Kier molecular flexibility index (Phi) is 8.80. The Bertz CT molecular complexity index is 1070. The lowest BCUT2D eigenvalue weighted by atomic mass is 10.0. The smallest absolute Gasteiger partial charge is 0.242 e. The molecule has 2 bridgehead atoms. The van der Waals surface area contributed by atoms with Crippen LogP contribution in [0.5, 0.6) is 0 Å². The molecule has 1 aromatic carbocycles. The van der Waals surface area contributed by atoms with Crippen molar-refractivity contribution in [3.8, 4) is 0 Å². The fraction of sp³-hybridized carbons (Fsp3) is 0.609. The maximum atomic E-state index is 13.2. The Hall–Kier alpha value is -2.34. The van der Waals surface area contributed by atoms with Gasteiger partial charge < -0.3 is 14.7 Å². The Morgan fingerprint density at radius 2 is 2.12 bits per heavy atom. The first-order valence-electron chi connectivity index (χ1n) is 11.6. The van der Waals surface area contributed by atoms with E-state index in [0.717, 1.165) is 5.56 Å². The van der Waals surface area contributed by atoms with Gasteiger partial charge in [0.25, 0.3) is 0 Å². The van der Waals surface area contributed by atoms with E-state index in [1.807, 2.05) is 19.9 Å². The van der Waals surface area contributed by atoms with Crippen molar-refractivity contribution in [1.29, 1.82) is 0 Å². The molecule has 1 aromatic heterocycles. The monoisotopic (exact) mass is 493 g/mol. The van der Waals surface area contributed by atoms with Crippen LogP contribution < -0.4 is 0 Å². The van der Waals surface area contributed by atoms with Gasteiger partial charge in [0.05, 0.1) is 36.5 Å². The lowest BCUT2D eigenvalue weighted by molar-refractivity contribution is -0.136. The number of aryl methyl sites for hydroxylation is 2. The van der Waals surface area contributed by atoms with Crippen molar-refractivity contribution in [2.75, 3.05) is 26.7 Å². The first kappa shape index (κ1) is 26.3. The second kappa shape index (κ2) is 11.4. The number of aliphatic hydroxyl groups excluding tert-OH is 1. The van der Waals surface area contributed by atoms with Crippen LogP contribution in [0.1, 0.15) is 37.9 Å². The van der Waals surface area contributed by atoms with Gasteiger partial charge in [0, 0.05) is 39.0 Å². The number of benzene rings is 1. The molecule has 3 rings (SSSR count). The molecule has 11 heteroatoms. The lowest BCUT2D eigenvalue weighted by Gasteiger charge is -2.35. The van der Waals surface area contributed by atoms with E-state index in [2.05, 4.69) is 10.3 Å². The summed E-state index contributed by atoms with van der Waals surface area (Å²) >= 11 is 0. The summed E-state index contributed by atoms with van der Waals surface area (Å²) in [4.78, 5) is 14.8. The molecule has 0 fully saturated rings. The Labute approximate surface area is 201 Å². The first-order chi connectivity index (χ1) is 16.1. The summed E-state index contributed by atoms with van der Waals surface area (Å²) in [6.07, 6.45) is 2.19. The van der Waals surface area contributed by atoms with E-state index in [1.54, 1.807) is 40.9 Å². The summed E-state index contributed by atoms with van der Waals surface area (Å²) in [7, 11) is -2.20. The highest BCUT2D eigenvalue weighted by molar-refractivity contribution is 7.89. The predicted octanol–water partition coefficient (Wildman–Crippen LogP) is 1.43. The van der Waals surface area contributed by atoms with Crippen molar-refractivity contribution in [3.05, 3.63) is 41.7 Å². The maximum absolute atomic E-state index is 13.2. The largest absolute Gasteiger partial charge is 0.394 e. The third kappa shape index (κ3) is 6.41. The number of carbonyl (C=O) groups excluding carboxylic acids is 1. The number of carbonyl (C=O) groups is 1. The number of aromatic nitrogens is 3. The molecular weight excluding hydrogens is 458 g/mol. The minimum atomic E-state index is -3.73. The van der Waals surface area contributed by atoms with Crippen molar-refractivity contribution < 1.29 is 23.1 Å². The average Bonchev–Trinajstić information content (AvgIpc) is 3.26. The second-order valence-electron chi connectivity index (χ2n) is 9.08. The van der Waals surface area contributed by atoms with Gasteiger partial charge in [0.15, 0.2) is 0 Å². The number of amides is 1. The number of hydrogen-bond acceptors (Lipinski definition) is 7. The normalized spacial score (nSPS) is 21.6. The third-order valence-corrected chi connectivity index (χ3v) is 8.00. The first-order valence-corrected chi connectivity index (χ1v) is 13.0. The van der Waals surface area contributed by atoms with E-state index in [-0.39, 0.29) is 42.5 Å². The molecule has 1 N–H and O–H groups in total. The molecule has 0 unspecified atom stereocenters. The highest BCUT2D eigenvalue weighted by Crippen LogP contribution is 2.21. The van der Waals surface area contributed by atoms with Gasteiger partial charge >= 0.3 is 0 Å². The summed E-state index contributed by atoms with van der Waals surface area (Å²) in [5.41, 5.74) is 1.50. The zero-order chi connectivity index (χ0) is 24.9. The van der Waals surface area contributed by atoms with Gasteiger partial charge in [-0.25, -0.2) is 8.42 Å². The van der Waals surface area contributed by atoms with Gasteiger partial charge in [0.2, 0.25) is 15.9 Å². The highest BCUT2D eigenvalue weighted by Gasteiger charge is 2.31. The number of fused-ring (bicyclic) bond motifs is 2. The molecule has 1 aliphatic heterocycles. The van der Waals surface area contributed by atoms with Gasteiger partial charge in [0.1, 0.15) is 5.69 Å². The lowest BCUT2D eigenvalue weighted by Crippen LogP contribution is -2.47. The molecule has 188 valence electrons. The fourth-order valence-electron chi connectivity index (χ4n) is 4.00. The SMILES string of the molecule is Cc1cccc(S(=O)(=O)N(C)C[C@H]2OCc3cn(nn3)CCCC(=O)N([C@@H](C)CO)C[C@@H]2C)c1. The quantitative estimate of drug-likeness (QED) is 0.647. The van der Waals surface area contributed by atoms with Crippen LogP contribution in [-0.4, -0.2) is 82.5 Å². The number of sulfonamides is 1. The van der Waals surface area contributed by atoms with E-state index < -0.39 is 16.1 Å². The topological polar surface area (TPSA) is 118 Å². The molecule has 0 aliphatic carbocycles. The number of ether oxygens (including phenoxy) is 1. The van der Waals surface area contributed by atoms with Crippen molar-refractivity contribution in [1.82, 2.24) is 24.2 Å². The Morgan fingerprint density at radius 3 is 2.82 bits per heavy atom. The minimum Gasteiger partial charge on any atom is -0.394 e. The molecule has 3 atom stereocenters. The van der Waals surface area contributed by atoms with Crippen LogP contribution in [0.3, 0.4) is 0 Å². The van der Waals surface area contributed by atoms with Crippen LogP contribution in [0.2, 0.25) is 0 Å². The number of aliphatic hydroxyl groups is 1. The molecule has 0 saturated heterocycles. The summed E-state index contributed by atoms with van der Waals surface area (Å²) in [5, 5.41) is 17.9. The molecule has 0 radical (unpaired) electrons. The van der Waals surface area contributed by atoms with Crippen LogP contribution >= 0.6 is 0 Å². The van der Waals surface area contributed by atoms with Crippen molar-refractivity contribution >= 4 is 15.9 Å². The number of rotatable bonds is 6. The molecule has 2 aromatic rings. The third-order valence-electron chi connectivity index (χ3n) is 6.18. The van der Waals surface area contributed by atoms with E-state index in [1.165, 1.54) is 11.4 Å². The number of hydrogen-bond donors (Lipinski definition) is 1. The van der Waals surface area contributed by atoms with E-state index in [9.17, 15) is 18.3 Å². The van der Waals surface area contributed by atoms with E-state index in [0.29, 0.717) is 31.6 Å². The van der Waals surface area contributed by atoms with Crippen LogP contribution in [0.25, 0.3) is 0 Å². The van der Waals surface area contributed by atoms with Gasteiger partial charge in [-0.15, -0.1) is 5.10 Å². The van der Waals surface area contributed by atoms with Crippen molar-refractivity contribution in [2.24, 2.45) is 5.92 Å². The van der Waals surface area contributed by atoms with Gasteiger partial charge in [-0.1, -0.05) is 24.3 Å². The van der Waals surface area contributed by atoms with Gasteiger partial charge in [-0.05, 0) is 38.0 Å². The predicted molar refractivity (Wildman–Crippen MR) is 126 cm³/mol. The van der Waals surface area contributed by atoms with E-state index >= 15 is 0 Å². The molecule has 2 heterocycles. The minimum absolute atomic E-state index is 0.0625. The fourth-order valence-corrected chi connectivity index (χ4v) is 5.29. The zero-order valence-corrected chi connectivity index (χ0v) is 21.1. The summed E-state index contributed by atoms with van der Waals surface area (Å²) in [6.45, 7) is 6.59. The molecule has 1 amide bonds. The molecule has 0 saturated carbocycles. The van der Waals surface area contributed by atoms with Gasteiger partial charge in [-0.2, -0.15) is 4.31 Å². The summed E-state index contributed by atoms with van der Waals surface area (Å²) in [6, 6.07) is 6.43. The van der Waals surface area contributed by atoms with Crippen LogP contribution in [-0.2, 0) is 32.7 Å². The Balaban J connectivity index is 1.86. The number of nitrogens with zero attached hydrogens (tertiary/aromatic N) is 5. The maximum Gasteiger partial charge on any atom is 0.242 e. The summed E-state index contributed by atoms with van der Waals surface area (Å²) in [5.74, 6) is -0.267. The van der Waals surface area contributed by atoms with Crippen LogP contribution in [0, 0.1) is 12.8 Å². The molecule has 34 heavy (non-hydrogen) atoms. The number of likely N-dealkylation sites (N-methyl/N-ethyl adjacent to an activating group) is 1. The summed E-state index contributed by atoms with van der Waals surface area (Å²) < 4.78 is 35.5. The zero-order valence-electron chi connectivity index (χ0n) is 20.3. The Morgan fingerprint density at radius 1 is 1.35 bits per heavy atom. The van der Waals surface area contributed by atoms with E-state index in [4.69, 9.17) is 4.74 Å².